The largest absolute Gasteiger partial charge is 0.469 e. The fourth-order valence-electron chi connectivity index (χ4n) is 3.66. The Morgan fingerprint density at radius 3 is 2.24 bits per heavy atom. The minimum atomic E-state index is -3.12. The Morgan fingerprint density at radius 1 is 1.24 bits per heavy atom. The molecule has 3 aliphatic carbocycles. The maximum absolute atomic E-state index is 13.2. The van der Waals surface area contributed by atoms with E-state index in [9.17, 15) is 13.6 Å². The number of aromatic nitrogens is 2. The second-order valence-electron chi connectivity index (χ2n) is 6.36. The molecule has 0 N–H and O–H groups in total. The molecule has 1 heterocycles. The van der Waals surface area contributed by atoms with Gasteiger partial charge in [-0.3, -0.25) is 4.79 Å². The summed E-state index contributed by atoms with van der Waals surface area (Å²) in [6, 6.07) is 0. The summed E-state index contributed by atoms with van der Waals surface area (Å²) >= 11 is 0. The molecule has 21 heavy (non-hydrogen) atoms. The fourth-order valence-corrected chi connectivity index (χ4v) is 3.66. The molecule has 0 saturated heterocycles. The standard InChI is InChI=1S/C14H18F2N2O3/c1-12(15,16)10-17-9(18-21-10)13-3-6-14(7-4-13,8-5-13)11(19)20-2/h3-8H2,1-2H3. The number of carbonyl (C=O) groups excluding carboxylic acids is 1. The average Bonchev–Trinajstić information content (AvgIpc) is 2.99. The molecule has 7 heteroatoms. The number of hydrogen-bond donors (Lipinski definition) is 0. The molecule has 0 aliphatic heterocycles. The van der Waals surface area contributed by atoms with Gasteiger partial charge in [0.05, 0.1) is 12.5 Å². The first-order chi connectivity index (χ1) is 9.81. The second kappa shape index (κ2) is 4.48. The van der Waals surface area contributed by atoms with Gasteiger partial charge >= 0.3 is 11.9 Å². The van der Waals surface area contributed by atoms with Crippen LogP contribution in [0.15, 0.2) is 4.52 Å². The van der Waals surface area contributed by atoms with Crippen molar-refractivity contribution in [2.45, 2.75) is 56.8 Å². The van der Waals surface area contributed by atoms with E-state index in [4.69, 9.17) is 9.26 Å². The number of ether oxygens (including phenoxy) is 1. The van der Waals surface area contributed by atoms with Gasteiger partial charge < -0.3 is 9.26 Å². The van der Waals surface area contributed by atoms with Crippen LogP contribution in [0.1, 0.15) is 57.2 Å². The third kappa shape index (κ3) is 2.13. The normalized spacial score (nSPS) is 32.2. The number of halogens is 2. The van der Waals surface area contributed by atoms with E-state index in [1.54, 1.807) is 0 Å². The Morgan fingerprint density at radius 2 is 1.81 bits per heavy atom. The zero-order chi connectivity index (χ0) is 15.3. The number of rotatable bonds is 3. The van der Waals surface area contributed by atoms with Crippen molar-refractivity contribution in [3.8, 4) is 0 Å². The summed E-state index contributed by atoms with van der Waals surface area (Å²) in [7, 11) is 1.41. The van der Waals surface area contributed by atoms with E-state index >= 15 is 0 Å². The summed E-state index contributed by atoms with van der Waals surface area (Å²) in [4.78, 5) is 15.9. The summed E-state index contributed by atoms with van der Waals surface area (Å²) in [6.07, 6.45) is 4.17. The summed E-state index contributed by atoms with van der Waals surface area (Å²) in [5.74, 6) is -3.56. The number of alkyl halides is 2. The minimum Gasteiger partial charge on any atom is -0.469 e. The molecule has 2 bridgehead atoms. The lowest BCUT2D eigenvalue weighted by Crippen LogP contribution is -2.48. The van der Waals surface area contributed by atoms with Crippen molar-refractivity contribution >= 4 is 5.97 Å². The summed E-state index contributed by atoms with van der Waals surface area (Å²) in [6.45, 7) is 0.742. The van der Waals surface area contributed by atoms with Gasteiger partial charge in [0, 0.05) is 12.3 Å². The van der Waals surface area contributed by atoms with E-state index in [0.717, 1.165) is 6.92 Å². The highest BCUT2D eigenvalue weighted by Gasteiger charge is 2.55. The van der Waals surface area contributed by atoms with Crippen molar-refractivity contribution in [1.82, 2.24) is 10.1 Å². The zero-order valence-corrected chi connectivity index (χ0v) is 12.1. The molecule has 4 rings (SSSR count). The van der Waals surface area contributed by atoms with Crippen LogP contribution in [0.3, 0.4) is 0 Å². The van der Waals surface area contributed by atoms with Crippen molar-refractivity contribution in [2.24, 2.45) is 5.41 Å². The Kier molecular flexibility index (Phi) is 3.07. The molecule has 0 amide bonds. The van der Waals surface area contributed by atoms with Crippen molar-refractivity contribution in [2.75, 3.05) is 7.11 Å². The SMILES string of the molecule is COC(=O)C12CCC(c3noc(C(C)(F)F)n3)(CC1)CC2. The molecule has 3 saturated carbocycles. The van der Waals surface area contributed by atoms with Gasteiger partial charge in [0.15, 0.2) is 5.82 Å². The molecule has 0 spiro atoms. The van der Waals surface area contributed by atoms with Gasteiger partial charge in [0.2, 0.25) is 0 Å². The number of hydrogen-bond acceptors (Lipinski definition) is 5. The van der Waals surface area contributed by atoms with Gasteiger partial charge in [0.1, 0.15) is 0 Å². The molecular weight excluding hydrogens is 282 g/mol. The second-order valence-corrected chi connectivity index (χ2v) is 6.36. The summed E-state index contributed by atoms with van der Waals surface area (Å²) < 4.78 is 36.1. The zero-order valence-electron chi connectivity index (χ0n) is 12.1. The third-order valence-corrected chi connectivity index (χ3v) is 5.14. The molecule has 0 unspecified atom stereocenters. The molecular formula is C14H18F2N2O3. The molecule has 1 aromatic rings. The molecule has 5 nitrogen and oxygen atoms in total. The van der Waals surface area contributed by atoms with Gasteiger partial charge in [0.25, 0.3) is 5.89 Å². The monoisotopic (exact) mass is 300 g/mol. The van der Waals surface area contributed by atoms with Crippen molar-refractivity contribution in [3.05, 3.63) is 11.7 Å². The van der Waals surface area contributed by atoms with Crippen LogP contribution in [-0.4, -0.2) is 23.2 Å². The van der Waals surface area contributed by atoms with Crippen molar-refractivity contribution in [1.29, 1.82) is 0 Å². The van der Waals surface area contributed by atoms with E-state index < -0.39 is 17.2 Å². The van der Waals surface area contributed by atoms with E-state index in [-0.39, 0.29) is 11.4 Å². The molecule has 0 aromatic carbocycles. The molecule has 3 fully saturated rings. The lowest BCUT2D eigenvalue weighted by Gasteiger charge is -2.50. The summed E-state index contributed by atoms with van der Waals surface area (Å²) in [5.41, 5.74) is -0.736. The molecule has 1 aromatic heterocycles. The Labute approximate surface area is 121 Å². The predicted molar refractivity (Wildman–Crippen MR) is 67.7 cm³/mol. The predicted octanol–water partition coefficient (Wildman–Crippen LogP) is 2.95. The number of esters is 1. The maximum atomic E-state index is 13.2. The number of carbonyl (C=O) groups is 1. The van der Waals surface area contributed by atoms with Gasteiger partial charge in [-0.1, -0.05) is 5.16 Å². The molecule has 0 atom stereocenters. The highest BCUT2D eigenvalue weighted by atomic mass is 19.3. The van der Waals surface area contributed by atoms with Gasteiger partial charge in [-0.2, -0.15) is 13.8 Å². The quantitative estimate of drug-likeness (QED) is 0.803. The average molecular weight is 300 g/mol. The Hall–Kier alpha value is -1.53. The lowest BCUT2D eigenvalue weighted by atomic mass is 9.53. The topological polar surface area (TPSA) is 65.2 Å². The first-order valence-corrected chi connectivity index (χ1v) is 7.12. The first-order valence-electron chi connectivity index (χ1n) is 7.12. The van der Waals surface area contributed by atoms with E-state index in [1.807, 2.05) is 0 Å². The Balaban J connectivity index is 1.83. The number of methoxy groups -OCH3 is 1. The summed E-state index contributed by atoms with van der Waals surface area (Å²) in [5, 5.41) is 3.78. The van der Waals surface area contributed by atoms with Gasteiger partial charge in [-0.15, -0.1) is 0 Å². The van der Waals surface area contributed by atoms with Crippen LogP contribution in [0.25, 0.3) is 0 Å². The van der Waals surface area contributed by atoms with Crippen molar-refractivity contribution in [3.63, 3.8) is 0 Å². The van der Waals surface area contributed by atoms with Crippen LogP contribution in [0.5, 0.6) is 0 Å². The molecule has 0 radical (unpaired) electrons. The van der Waals surface area contributed by atoms with Crippen molar-refractivity contribution < 1.29 is 22.8 Å². The van der Waals surface area contributed by atoms with E-state index in [0.29, 0.717) is 44.3 Å². The number of fused-ring (bicyclic) bond motifs is 3. The van der Waals surface area contributed by atoms with Crippen LogP contribution in [0, 0.1) is 5.41 Å². The maximum Gasteiger partial charge on any atom is 0.322 e. The van der Waals surface area contributed by atoms with Crippen LogP contribution >= 0.6 is 0 Å². The van der Waals surface area contributed by atoms with Crippen LogP contribution in [0.2, 0.25) is 0 Å². The molecule has 116 valence electrons. The third-order valence-electron chi connectivity index (χ3n) is 5.14. The minimum absolute atomic E-state index is 0.162. The van der Waals surface area contributed by atoms with E-state index in [2.05, 4.69) is 10.1 Å². The Bertz CT molecular complexity index is 540. The van der Waals surface area contributed by atoms with Crippen LogP contribution < -0.4 is 0 Å². The number of nitrogens with zero attached hydrogens (tertiary/aromatic N) is 2. The first kappa shape index (κ1) is 14.4. The molecule has 3 aliphatic rings. The van der Waals surface area contributed by atoms with E-state index in [1.165, 1.54) is 7.11 Å². The smallest absolute Gasteiger partial charge is 0.322 e. The van der Waals surface area contributed by atoms with Crippen LogP contribution in [0.4, 0.5) is 8.78 Å². The van der Waals surface area contributed by atoms with Crippen LogP contribution in [-0.2, 0) is 20.9 Å². The van der Waals surface area contributed by atoms with Gasteiger partial charge in [-0.25, -0.2) is 0 Å². The lowest BCUT2D eigenvalue weighted by molar-refractivity contribution is -0.160. The van der Waals surface area contributed by atoms with Gasteiger partial charge in [-0.05, 0) is 38.5 Å². The highest BCUT2D eigenvalue weighted by Crippen LogP contribution is 2.57. The fraction of sp³-hybridized carbons (Fsp3) is 0.786. The highest BCUT2D eigenvalue weighted by molar-refractivity contribution is 5.77.